The molecule has 0 aromatic heterocycles. The van der Waals surface area contributed by atoms with Gasteiger partial charge in [-0.05, 0) is 89.9 Å². The molecule has 1 rings (SSSR count). The van der Waals surface area contributed by atoms with E-state index < -0.39 is 55.4 Å². The van der Waals surface area contributed by atoms with Crippen molar-refractivity contribution in [2.45, 2.75) is 153 Å². The Balaban J connectivity index is 2.46. The van der Waals surface area contributed by atoms with Crippen LogP contribution in [0, 0.1) is 0 Å². The van der Waals surface area contributed by atoms with Gasteiger partial charge >= 0.3 is 11.9 Å². The zero-order valence-electron chi connectivity index (χ0n) is 33.4. The summed E-state index contributed by atoms with van der Waals surface area (Å²) in [7, 11) is 0. The van der Waals surface area contributed by atoms with E-state index in [-0.39, 0.29) is 26.1 Å². The van der Waals surface area contributed by atoms with Crippen molar-refractivity contribution in [3.63, 3.8) is 0 Å². The Bertz CT molecular complexity index is 1210. The van der Waals surface area contributed by atoms with Gasteiger partial charge in [-0.25, -0.2) is 0 Å². The minimum atomic E-state index is -1.61. The molecular weight excluding hydrogens is 700 g/mol. The van der Waals surface area contributed by atoms with Gasteiger partial charge in [-0.3, -0.25) is 9.59 Å². The van der Waals surface area contributed by atoms with Crippen molar-refractivity contribution >= 4 is 11.9 Å². The summed E-state index contributed by atoms with van der Waals surface area (Å²) in [4.78, 5) is 25.2. The van der Waals surface area contributed by atoms with Crippen LogP contribution in [0.4, 0.5) is 0 Å². The van der Waals surface area contributed by atoms with Crippen molar-refractivity contribution in [2.75, 3.05) is 19.8 Å². The molecule has 10 nitrogen and oxygen atoms in total. The number of carbonyl (C=O) groups is 2. The largest absolute Gasteiger partial charge is 0.462 e. The molecule has 10 heteroatoms. The van der Waals surface area contributed by atoms with E-state index in [1.54, 1.807) is 0 Å². The lowest BCUT2D eigenvalue weighted by Crippen LogP contribution is -2.59. The average molecular weight is 771 g/mol. The van der Waals surface area contributed by atoms with Gasteiger partial charge in [0.2, 0.25) is 0 Å². The van der Waals surface area contributed by atoms with Gasteiger partial charge in [0.15, 0.2) is 12.4 Å². The maximum absolute atomic E-state index is 12.7. The lowest BCUT2D eigenvalue weighted by atomic mass is 9.99. The Morgan fingerprint density at radius 2 is 1.00 bits per heavy atom. The van der Waals surface area contributed by atoms with Gasteiger partial charge < -0.3 is 39.4 Å². The second-order valence-corrected chi connectivity index (χ2v) is 13.3. The van der Waals surface area contributed by atoms with Crippen LogP contribution in [0.15, 0.2) is 97.2 Å². The van der Waals surface area contributed by atoms with Gasteiger partial charge in [0, 0.05) is 12.8 Å². The molecule has 0 aliphatic carbocycles. The Hall–Kier alpha value is -3.38. The van der Waals surface area contributed by atoms with Crippen molar-refractivity contribution in [2.24, 2.45) is 0 Å². The van der Waals surface area contributed by atoms with E-state index in [4.69, 9.17) is 18.9 Å². The van der Waals surface area contributed by atoms with Crippen LogP contribution in [0.1, 0.15) is 117 Å². The second kappa shape index (κ2) is 35.1. The van der Waals surface area contributed by atoms with Crippen molar-refractivity contribution in [1.29, 1.82) is 0 Å². The topological polar surface area (TPSA) is 152 Å². The molecule has 0 bridgehead atoms. The molecule has 0 aromatic carbocycles. The molecule has 4 N–H and O–H groups in total. The highest BCUT2D eigenvalue weighted by molar-refractivity contribution is 5.70. The number of hydrogen-bond donors (Lipinski definition) is 4. The summed E-state index contributed by atoms with van der Waals surface area (Å²) in [5, 5.41) is 40.0. The van der Waals surface area contributed by atoms with Crippen LogP contribution >= 0.6 is 0 Å². The van der Waals surface area contributed by atoms with Crippen LogP contribution < -0.4 is 0 Å². The molecular formula is C45H70O10. The molecule has 0 aromatic rings. The second-order valence-electron chi connectivity index (χ2n) is 13.3. The number of esters is 2. The van der Waals surface area contributed by atoms with Crippen LogP contribution in [0.2, 0.25) is 0 Å². The van der Waals surface area contributed by atoms with Crippen molar-refractivity contribution < 1.29 is 49.0 Å². The van der Waals surface area contributed by atoms with Crippen LogP contribution in [0.3, 0.4) is 0 Å². The third-order valence-corrected chi connectivity index (χ3v) is 8.46. The lowest BCUT2D eigenvalue weighted by Gasteiger charge is -2.39. The summed E-state index contributed by atoms with van der Waals surface area (Å²) in [5.74, 6) is -0.918. The molecule has 0 amide bonds. The number of carbonyl (C=O) groups excluding carboxylic acids is 2. The summed E-state index contributed by atoms with van der Waals surface area (Å²) < 4.78 is 22.0. The zero-order valence-corrected chi connectivity index (χ0v) is 33.4. The number of ether oxygens (including phenoxy) is 4. The van der Waals surface area contributed by atoms with Crippen molar-refractivity contribution in [1.82, 2.24) is 0 Å². The quantitative estimate of drug-likeness (QED) is 0.0310. The van der Waals surface area contributed by atoms with E-state index in [0.29, 0.717) is 12.8 Å². The van der Waals surface area contributed by atoms with Gasteiger partial charge in [-0.15, -0.1) is 0 Å². The van der Waals surface area contributed by atoms with Crippen LogP contribution in [0.5, 0.6) is 0 Å². The SMILES string of the molecule is CC/C=C\C/C=C\C/C=C\C/C=C\CCCCC(=O)OC[C@H](CO[C@@H]1OC(CO)[C@H](O)[C@@H](O)[C@H]1O)OC(=O)CCCC/C=C\C/C=C\C/C=C\C/C=C\CC. The summed E-state index contributed by atoms with van der Waals surface area (Å²) in [5.41, 5.74) is 0. The van der Waals surface area contributed by atoms with Gasteiger partial charge in [0.25, 0.3) is 0 Å². The Morgan fingerprint density at radius 3 is 1.45 bits per heavy atom. The van der Waals surface area contributed by atoms with Gasteiger partial charge in [-0.1, -0.05) is 111 Å². The lowest BCUT2D eigenvalue weighted by molar-refractivity contribution is -0.305. The normalized spacial score (nSPS) is 21.6. The molecule has 1 aliphatic rings. The predicted molar refractivity (Wildman–Crippen MR) is 219 cm³/mol. The van der Waals surface area contributed by atoms with Crippen LogP contribution in [-0.4, -0.2) is 89.0 Å². The predicted octanol–water partition coefficient (Wildman–Crippen LogP) is 7.99. The zero-order chi connectivity index (χ0) is 40.2. The molecule has 1 unspecified atom stereocenters. The molecule has 1 aliphatic heterocycles. The molecule has 0 spiro atoms. The molecule has 1 saturated heterocycles. The molecule has 0 radical (unpaired) electrons. The highest BCUT2D eigenvalue weighted by atomic mass is 16.7. The fraction of sp³-hybridized carbons (Fsp3) is 0.600. The first-order chi connectivity index (χ1) is 26.8. The first-order valence-electron chi connectivity index (χ1n) is 20.3. The van der Waals surface area contributed by atoms with E-state index in [2.05, 4.69) is 111 Å². The number of hydrogen-bond acceptors (Lipinski definition) is 10. The van der Waals surface area contributed by atoms with E-state index in [0.717, 1.165) is 77.0 Å². The number of allylic oxidation sites excluding steroid dienone is 16. The van der Waals surface area contributed by atoms with Crippen molar-refractivity contribution in [3.8, 4) is 0 Å². The highest BCUT2D eigenvalue weighted by Crippen LogP contribution is 2.22. The molecule has 1 fully saturated rings. The van der Waals surface area contributed by atoms with Crippen LogP contribution in [0.25, 0.3) is 0 Å². The monoisotopic (exact) mass is 770 g/mol. The molecule has 0 saturated carbocycles. The molecule has 1 heterocycles. The maximum atomic E-state index is 12.7. The highest BCUT2D eigenvalue weighted by Gasteiger charge is 2.44. The third kappa shape index (κ3) is 27.0. The molecule has 55 heavy (non-hydrogen) atoms. The third-order valence-electron chi connectivity index (χ3n) is 8.46. The summed E-state index contributed by atoms with van der Waals surface area (Å²) in [6, 6.07) is 0. The first-order valence-corrected chi connectivity index (χ1v) is 20.3. The van der Waals surface area contributed by atoms with Gasteiger partial charge in [-0.2, -0.15) is 0 Å². The molecule has 6 atom stereocenters. The van der Waals surface area contributed by atoms with Gasteiger partial charge in [0.1, 0.15) is 31.0 Å². The van der Waals surface area contributed by atoms with E-state index in [1.807, 2.05) is 0 Å². The van der Waals surface area contributed by atoms with E-state index in [1.165, 1.54) is 0 Å². The number of unbranched alkanes of at least 4 members (excludes halogenated alkanes) is 4. The van der Waals surface area contributed by atoms with E-state index >= 15 is 0 Å². The average Bonchev–Trinajstić information content (AvgIpc) is 3.18. The smallest absolute Gasteiger partial charge is 0.306 e. The maximum Gasteiger partial charge on any atom is 0.306 e. The van der Waals surface area contributed by atoms with Gasteiger partial charge in [0.05, 0.1) is 13.2 Å². The number of rotatable bonds is 31. The standard InChI is InChI=1S/C45H70O10/c1-3-5-7-9-11-13-15-17-19-21-23-25-27-29-31-33-40(47)52-36-38(37-53-45-44(51)43(50)42(49)39(35-46)55-45)54-41(48)34-32-30-28-26-24-22-20-18-16-14-12-10-8-6-4-2/h5-8,11-14,17-20,23-26,38-39,42-46,49-51H,3-4,9-10,15-16,21-22,27-37H2,1-2H3/b7-5-,8-6-,13-11-,14-12-,19-17-,20-18-,25-23-,26-24-/t38-,39?,42+,43-,44-,45-/m1/s1. The first kappa shape index (κ1) is 49.6. The van der Waals surface area contributed by atoms with E-state index in [9.17, 15) is 30.0 Å². The fourth-order valence-corrected chi connectivity index (χ4v) is 5.28. The summed E-state index contributed by atoms with van der Waals surface area (Å²) in [6.07, 6.45) is 38.5. The minimum absolute atomic E-state index is 0.162. The minimum Gasteiger partial charge on any atom is -0.462 e. The molecule has 310 valence electrons. The number of aliphatic hydroxyl groups excluding tert-OH is 4. The van der Waals surface area contributed by atoms with Crippen LogP contribution in [-0.2, 0) is 28.5 Å². The Kier molecular flexibility index (Phi) is 31.6. The van der Waals surface area contributed by atoms with Crippen molar-refractivity contribution in [3.05, 3.63) is 97.2 Å². The Morgan fingerprint density at radius 1 is 0.564 bits per heavy atom. The summed E-state index contributed by atoms with van der Waals surface area (Å²) >= 11 is 0. The Labute approximate surface area is 330 Å². The summed E-state index contributed by atoms with van der Waals surface area (Å²) in [6.45, 7) is 3.07. The fourth-order valence-electron chi connectivity index (χ4n) is 5.28. The number of aliphatic hydroxyl groups is 4.